The van der Waals surface area contributed by atoms with Crippen molar-refractivity contribution >= 4 is 40.5 Å². The fourth-order valence-electron chi connectivity index (χ4n) is 1.45. The average molecular weight is 302 g/mol. The highest BCUT2D eigenvalue weighted by molar-refractivity contribution is 6.44. The van der Waals surface area contributed by atoms with Gasteiger partial charge in [-0.25, -0.2) is 0 Å². The Labute approximate surface area is 121 Å². The van der Waals surface area contributed by atoms with Crippen LogP contribution in [0.3, 0.4) is 0 Å². The third-order valence-electron chi connectivity index (χ3n) is 2.44. The van der Waals surface area contributed by atoms with Crippen molar-refractivity contribution < 1.29 is 0 Å². The molecule has 5 heteroatoms. The van der Waals surface area contributed by atoms with Gasteiger partial charge in [-0.1, -0.05) is 40.9 Å². The number of nitrogens with zero attached hydrogens (tertiary/aromatic N) is 1. The van der Waals surface area contributed by atoms with Crippen molar-refractivity contribution in [2.24, 2.45) is 0 Å². The van der Waals surface area contributed by atoms with E-state index in [1.807, 2.05) is 25.3 Å². The molecule has 0 aliphatic heterocycles. The van der Waals surface area contributed by atoms with Crippen LogP contribution in [0.5, 0.6) is 0 Å². The van der Waals surface area contributed by atoms with Crippen LogP contribution in [0, 0.1) is 6.92 Å². The normalized spacial score (nSPS) is 10.4. The fourth-order valence-corrected chi connectivity index (χ4v) is 2.06. The lowest BCUT2D eigenvalue weighted by Crippen LogP contribution is -2.02. The molecule has 0 aliphatic carbocycles. The summed E-state index contributed by atoms with van der Waals surface area (Å²) in [5.74, 6) is 0. The van der Waals surface area contributed by atoms with Crippen LogP contribution in [0.2, 0.25) is 15.1 Å². The third-order valence-corrected chi connectivity index (χ3v) is 3.48. The lowest BCUT2D eigenvalue weighted by molar-refractivity contribution is 1.04. The molecule has 0 aliphatic rings. The molecule has 0 unspecified atom stereocenters. The number of halogens is 3. The molecule has 1 aromatic carbocycles. The minimum Gasteiger partial charge on any atom is -0.378 e. The molecule has 1 N–H and O–H groups in total. The van der Waals surface area contributed by atoms with Crippen molar-refractivity contribution in [3.05, 3.63) is 56.8 Å². The van der Waals surface area contributed by atoms with E-state index < -0.39 is 0 Å². The number of nitrogens with one attached hydrogen (secondary N) is 1. The first-order valence-corrected chi connectivity index (χ1v) is 6.49. The monoisotopic (exact) mass is 300 g/mol. The second kappa shape index (κ2) is 5.79. The second-order valence-corrected chi connectivity index (χ2v) is 5.15. The number of hydrogen-bond acceptors (Lipinski definition) is 2. The summed E-state index contributed by atoms with van der Waals surface area (Å²) < 4.78 is 0. The van der Waals surface area contributed by atoms with Crippen LogP contribution < -0.4 is 5.32 Å². The summed E-state index contributed by atoms with van der Waals surface area (Å²) in [4.78, 5) is 4.30. The first-order chi connectivity index (χ1) is 8.56. The lowest BCUT2D eigenvalue weighted by Gasteiger charge is -2.09. The summed E-state index contributed by atoms with van der Waals surface area (Å²) >= 11 is 17.9. The van der Waals surface area contributed by atoms with Crippen LogP contribution in [-0.4, -0.2) is 4.98 Å². The summed E-state index contributed by atoms with van der Waals surface area (Å²) in [6.07, 6.45) is 1.83. The van der Waals surface area contributed by atoms with Crippen LogP contribution in [0.1, 0.15) is 11.3 Å². The van der Waals surface area contributed by atoms with E-state index in [9.17, 15) is 0 Å². The lowest BCUT2D eigenvalue weighted by atomic mass is 10.2. The van der Waals surface area contributed by atoms with Gasteiger partial charge in [0.1, 0.15) is 0 Å². The topological polar surface area (TPSA) is 24.9 Å². The van der Waals surface area contributed by atoms with Crippen molar-refractivity contribution in [2.45, 2.75) is 13.5 Å². The molecule has 2 nitrogen and oxygen atoms in total. The van der Waals surface area contributed by atoms with Crippen LogP contribution in [0.4, 0.5) is 5.69 Å². The van der Waals surface area contributed by atoms with Crippen LogP contribution >= 0.6 is 34.8 Å². The predicted octanol–water partition coefficient (Wildman–Crippen LogP) is 4.96. The molecule has 1 aromatic heterocycles. The van der Waals surface area contributed by atoms with Gasteiger partial charge in [-0.05, 0) is 30.7 Å². The molecule has 0 radical (unpaired) electrons. The zero-order valence-corrected chi connectivity index (χ0v) is 11.9. The third kappa shape index (κ3) is 3.29. The molecule has 2 aromatic rings. The molecule has 2 rings (SSSR count). The molecular weight excluding hydrogens is 291 g/mol. The summed E-state index contributed by atoms with van der Waals surface area (Å²) in [5, 5.41) is 4.64. The highest BCUT2D eigenvalue weighted by atomic mass is 35.5. The second-order valence-electron chi connectivity index (χ2n) is 3.93. The van der Waals surface area contributed by atoms with E-state index in [-0.39, 0.29) is 0 Å². The molecule has 0 saturated heterocycles. The molecule has 0 bridgehead atoms. The predicted molar refractivity (Wildman–Crippen MR) is 77.8 cm³/mol. The molecule has 0 fully saturated rings. The van der Waals surface area contributed by atoms with Crippen LogP contribution in [-0.2, 0) is 6.54 Å². The first kappa shape index (κ1) is 13.5. The number of hydrogen-bond donors (Lipinski definition) is 1. The molecule has 1 heterocycles. The highest BCUT2D eigenvalue weighted by Gasteiger charge is 2.05. The summed E-state index contributed by atoms with van der Waals surface area (Å²) in [5.41, 5.74) is 2.81. The molecule has 18 heavy (non-hydrogen) atoms. The summed E-state index contributed by atoms with van der Waals surface area (Å²) in [6, 6.07) is 7.31. The van der Waals surface area contributed by atoms with Crippen LogP contribution in [0.15, 0.2) is 30.5 Å². The van der Waals surface area contributed by atoms with Gasteiger partial charge in [0, 0.05) is 6.20 Å². The Morgan fingerprint density at radius 1 is 1.06 bits per heavy atom. The SMILES string of the molecule is Cc1ccc(CNc2cc(Cl)c(Cl)cc2Cl)nc1. The largest absolute Gasteiger partial charge is 0.378 e. The Kier molecular flexibility index (Phi) is 4.33. The highest BCUT2D eigenvalue weighted by Crippen LogP contribution is 2.32. The zero-order chi connectivity index (χ0) is 13.1. The van der Waals surface area contributed by atoms with Crippen molar-refractivity contribution in [1.82, 2.24) is 4.98 Å². The molecule has 94 valence electrons. The number of rotatable bonds is 3. The van der Waals surface area contributed by atoms with Gasteiger partial charge in [0.25, 0.3) is 0 Å². The minimum absolute atomic E-state index is 0.445. The summed E-state index contributed by atoms with van der Waals surface area (Å²) in [6.45, 7) is 2.58. The van der Waals surface area contributed by atoms with Gasteiger partial charge in [0.2, 0.25) is 0 Å². The number of pyridine rings is 1. The Balaban J connectivity index is 2.10. The quantitative estimate of drug-likeness (QED) is 0.810. The van der Waals surface area contributed by atoms with Crippen LogP contribution in [0.25, 0.3) is 0 Å². The Hall–Kier alpha value is -0.960. The zero-order valence-electron chi connectivity index (χ0n) is 9.67. The van der Waals surface area contributed by atoms with Crippen molar-refractivity contribution in [3.8, 4) is 0 Å². The van der Waals surface area contributed by atoms with E-state index in [0.717, 1.165) is 16.9 Å². The number of aromatic nitrogens is 1. The van der Waals surface area contributed by atoms with Crippen molar-refractivity contribution in [1.29, 1.82) is 0 Å². The minimum atomic E-state index is 0.445. The Bertz CT molecular complexity index is 553. The van der Waals surface area contributed by atoms with E-state index >= 15 is 0 Å². The molecule has 0 amide bonds. The number of aryl methyl sites for hydroxylation is 1. The Morgan fingerprint density at radius 3 is 2.44 bits per heavy atom. The molecular formula is C13H11Cl3N2. The standard InChI is InChI=1S/C13H11Cl3N2/c1-8-2-3-9(17-6-8)7-18-13-5-11(15)10(14)4-12(13)16/h2-6,18H,7H2,1H3. The maximum atomic E-state index is 6.07. The van der Waals surface area contributed by atoms with Gasteiger partial charge >= 0.3 is 0 Å². The van der Waals surface area contributed by atoms with Gasteiger partial charge < -0.3 is 5.32 Å². The van der Waals surface area contributed by atoms with Gasteiger partial charge in [-0.15, -0.1) is 0 Å². The number of anilines is 1. The molecule has 0 atom stereocenters. The van der Waals surface area contributed by atoms with E-state index in [2.05, 4.69) is 10.3 Å². The maximum Gasteiger partial charge on any atom is 0.0653 e. The maximum absolute atomic E-state index is 6.07. The fraction of sp³-hybridized carbons (Fsp3) is 0.154. The van der Waals surface area contributed by atoms with E-state index in [1.165, 1.54) is 0 Å². The van der Waals surface area contributed by atoms with Gasteiger partial charge in [-0.2, -0.15) is 0 Å². The summed E-state index contributed by atoms with van der Waals surface area (Å²) in [7, 11) is 0. The number of benzene rings is 1. The van der Waals surface area contributed by atoms with E-state index in [0.29, 0.717) is 21.6 Å². The van der Waals surface area contributed by atoms with E-state index in [4.69, 9.17) is 34.8 Å². The molecule has 0 saturated carbocycles. The Morgan fingerprint density at radius 2 is 1.78 bits per heavy atom. The van der Waals surface area contributed by atoms with Crippen molar-refractivity contribution in [2.75, 3.05) is 5.32 Å². The van der Waals surface area contributed by atoms with Gasteiger partial charge in [0.05, 0.1) is 33.0 Å². The van der Waals surface area contributed by atoms with Gasteiger partial charge in [-0.3, -0.25) is 4.98 Å². The molecule has 0 spiro atoms. The van der Waals surface area contributed by atoms with Crippen molar-refractivity contribution in [3.63, 3.8) is 0 Å². The first-order valence-electron chi connectivity index (χ1n) is 5.36. The average Bonchev–Trinajstić information content (AvgIpc) is 2.34. The van der Waals surface area contributed by atoms with Gasteiger partial charge in [0.15, 0.2) is 0 Å². The van der Waals surface area contributed by atoms with E-state index in [1.54, 1.807) is 12.1 Å². The smallest absolute Gasteiger partial charge is 0.0653 e.